The van der Waals surface area contributed by atoms with Gasteiger partial charge in [0.15, 0.2) is 0 Å². The van der Waals surface area contributed by atoms with Gasteiger partial charge in [-0.25, -0.2) is 9.18 Å². The fraction of sp³-hybridized carbons (Fsp3) is 0.179. The largest absolute Gasteiger partial charge is 0.464 e. The highest BCUT2D eigenvalue weighted by molar-refractivity contribution is 6.12. The number of ether oxygens (including phenoxy) is 1. The van der Waals surface area contributed by atoms with Crippen LogP contribution in [0.4, 0.5) is 4.39 Å². The zero-order valence-electron chi connectivity index (χ0n) is 20.1. The van der Waals surface area contributed by atoms with Gasteiger partial charge in [-0.2, -0.15) is 0 Å². The molecule has 1 atom stereocenters. The molecule has 3 aromatic carbocycles. The number of furan rings is 1. The molecule has 2 N–H and O–H groups in total. The third kappa shape index (κ3) is 4.98. The zero-order valence-corrected chi connectivity index (χ0v) is 20.1. The van der Waals surface area contributed by atoms with Crippen LogP contribution < -0.4 is 10.6 Å². The summed E-state index contributed by atoms with van der Waals surface area (Å²) in [6, 6.07) is 17.3. The second kappa shape index (κ2) is 10.4. The van der Waals surface area contributed by atoms with Gasteiger partial charge in [-0.1, -0.05) is 18.2 Å². The number of carbonyl (C=O) groups is 3. The molecule has 0 saturated carbocycles. The minimum absolute atomic E-state index is 0.228. The molecule has 0 radical (unpaired) electrons. The Morgan fingerprint density at radius 2 is 1.64 bits per heavy atom. The van der Waals surface area contributed by atoms with Crippen LogP contribution in [0.1, 0.15) is 34.6 Å². The van der Waals surface area contributed by atoms with E-state index in [2.05, 4.69) is 10.6 Å². The van der Waals surface area contributed by atoms with Gasteiger partial charge in [-0.15, -0.1) is 0 Å². The van der Waals surface area contributed by atoms with E-state index in [1.807, 2.05) is 18.2 Å². The summed E-state index contributed by atoms with van der Waals surface area (Å²) in [7, 11) is 1.53. The molecule has 7 nitrogen and oxygen atoms in total. The van der Waals surface area contributed by atoms with Crippen LogP contribution in [0.15, 0.2) is 71.1 Å². The van der Waals surface area contributed by atoms with Crippen LogP contribution >= 0.6 is 0 Å². The third-order valence-corrected chi connectivity index (χ3v) is 5.69. The van der Waals surface area contributed by atoms with Gasteiger partial charge in [0.05, 0.1) is 12.2 Å². The van der Waals surface area contributed by atoms with Crippen molar-refractivity contribution in [1.29, 1.82) is 0 Å². The van der Waals surface area contributed by atoms with Crippen LogP contribution in [-0.4, -0.2) is 37.5 Å². The van der Waals surface area contributed by atoms with E-state index < -0.39 is 17.9 Å². The lowest BCUT2D eigenvalue weighted by Crippen LogP contribution is -2.39. The first-order valence-corrected chi connectivity index (χ1v) is 11.4. The second-order valence-corrected chi connectivity index (χ2v) is 8.13. The molecule has 0 spiro atoms. The van der Waals surface area contributed by atoms with Gasteiger partial charge in [0.2, 0.25) is 0 Å². The number of benzene rings is 3. The Balaban J connectivity index is 1.72. The fourth-order valence-corrected chi connectivity index (χ4v) is 3.88. The SMILES string of the molecule is CCOC(=O)[C@H](C)NC(=O)c1cccc(-c2ccc3oc(-c4ccc(F)cc4)c(C(=O)NC)c3c2)c1. The Bertz CT molecular complexity index is 1440. The highest BCUT2D eigenvalue weighted by Gasteiger charge is 2.22. The van der Waals surface area contributed by atoms with Crippen molar-refractivity contribution < 1.29 is 27.9 Å². The van der Waals surface area contributed by atoms with Gasteiger partial charge < -0.3 is 19.8 Å². The molecule has 0 bridgehead atoms. The molecule has 0 aliphatic heterocycles. The van der Waals surface area contributed by atoms with Crippen LogP contribution in [0.25, 0.3) is 33.4 Å². The van der Waals surface area contributed by atoms with Crippen molar-refractivity contribution >= 4 is 28.8 Å². The van der Waals surface area contributed by atoms with Crippen molar-refractivity contribution in [1.82, 2.24) is 10.6 Å². The van der Waals surface area contributed by atoms with E-state index in [-0.39, 0.29) is 18.3 Å². The quantitative estimate of drug-likeness (QED) is 0.359. The highest BCUT2D eigenvalue weighted by Crippen LogP contribution is 2.36. The van der Waals surface area contributed by atoms with Gasteiger partial charge in [-0.05, 0) is 73.5 Å². The molecule has 2 amide bonds. The third-order valence-electron chi connectivity index (χ3n) is 5.69. The molecule has 0 saturated heterocycles. The lowest BCUT2D eigenvalue weighted by molar-refractivity contribution is -0.144. The van der Waals surface area contributed by atoms with Gasteiger partial charge in [0.1, 0.15) is 23.2 Å². The average Bonchev–Trinajstić information content (AvgIpc) is 3.27. The summed E-state index contributed by atoms with van der Waals surface area (Å²) in [5.74, 6) is -1.31. The summed E-state index contributed by atoms with van der Waals surface area (Å²) in [6.45, 7) is 3.49. The summed E-state index contributed by atoms with van der Waals surface area (Å²) < 4.78 is 24.4. The Morgan fingerprint density at radius 3 is 2.33 bits per heavy atom. The second-order valence-electron chi connectivity index (χ2n) is 8.13. The normalized spacial score (nSPS) is 11.7. The maximum atomic E-state index is 13.4. The van der Waals surface area contributed by atoms with E-state index in [9.17, 15) is 18.8 Å². The first-order valence-electron chi connectivity index (χ1n) is 11.4. The van der Waals surface area contributed by atoms with Crippen LogP contribution in [0, 0.1) is 5.82 Å². The van der Waals surface area contributed by atoms with Crippen LogP contribution in [0.3, 0.4) is 0 Å². The van der Waals surface area contributed by atoms with Crippen molar-refractivity contribution in [2.24, 2.45) is 0 Å². The predicted octanol–water partition coefficient (Wildman–Crippen LogP) is 4.95. The molecule has 1 heterocycles. The maximum absolute atomic E-state index is 13.4. The lowest BCUT2D eigenvalue weighted by atomic mass is 9.99. The van der Waals surface area contributed by atoms with E-state index in [0.29, 0.717) is 33.4 Å². The number of nitrogens with one attached hydrogen (secondary N) is 2. The van der Waals surface area contributed by atoms with Crippen LogP contribution in [0.2, 0.25) is 0 Å². The summed E-state index contributed by atoms with van der Waals surface area (Å²) >= 11 is 0. The van der Waals surface area contributed by atoms with Gasteiger partial charge in [-0.3, -0.25) is 9.59 Å². The first-order chi connectivity index (χ1) is 17.3. The Morgan fingerprint density at radius 1 is 0.944 bits per heavy atom. The average molecular weight is 489 g/mol. The molecule has 184 valence electrons. The Hall–Kier alpha value is -4.46. The molecule has 0 fully saturated rings. The summed E-state index contributed by atoms with van der Waals surface area (Å²) in [5, 5.41) is 5.86. The number of carbonyl (C=O) groups excluding carboxylic acids is 3. The Kier molecular flexibility index (Phi) is 7.15. The van der Waals surface area contributed by atoms with Crippen molar-refractivity contribution in [3.05, 3.63) is 83.7 Å². The highest BCUT2D eigenvalue weighted by atomic mass is 19.1. The van der Waals surface area contributed by atoms with Crippen LogP contribution in [0.5, 0.6) is 0 Å². The molecule has 0 unspecified atom stereocenters. The smallest absolute Gasteiger partial charge is 0.328 e. The first kappa shape index (κ1) is 24.7. The summed E-state index contributed by atoms with van der Waals surface area (Å²) in [5.41, 5.74) is 3.26. The van der Waals surface area contributed by atoms with Crippen molar-refractivity contribution in [3.63, 3.8) is 0 Å². The molecule has 36 heavy (non-hydrogen) atoms. The maximum Gasteiger partial charge on any atom is 0.328 e. The zero-order chi connectivity index (χ0) is 25.8. The van der Waals surface area contributed by atoms with Crippen molar-refractivity contribution in [3.8, 4) is 22.5 Å². The topological polar surface area (TPSA) is 97.6 Å². The molecular weight excluding hydrogens is 463 g/mol. The molecular formula is C28H25FN2O5. The van der Waals surface area contributed by atoms with E-state index in [4.69, 9.17) is 9.15 Å². The number of fused-ring (bicyclic) bond motifs is 1. The van der Waals surface area contributed by atoms with Gasteiger partial charge in [0.25, 0.3) is 11.8 Å². The van der Waals surface area contributed by atoms with E-state index in [1.165, 1.54) is 19.2 Å². The van der Waals surface area contributed by atoms with Gasteiger partial charge >= 0.3 is 5.97 Å². The summed E-state index contributed by atoms with van der Waals surface area (Å²) in [6.07, 6.45) is 0. The molecule has 4 rings (SSSR count). The molecule has 4 aromatic rings. The van der Waals surface area contributed by atoms with E-state index in [0.717, 1.165) is 11.1 Å². The summed E-state index contributed by atoms with van der Waals surface area (Å²) in [4.78, 5) is 37.4. The van der Waals surface area contributed by atoms with E-state index in [1.54, 1.807) is 50.2 Å². The number of rotatable bonds is 7. The number of esters is 1. The molecule has 1 aromatic heterocycles. The minimum Gasteiger partial charge on any atom is -0.464 e. The molecule has 8 heteroatoms. The lowest BCUT2D eigenvalue weighted by Gasteiger charge is -2.13. The van der Waals surface area contributed by atoms with Crippen molar-refractivity contribution in [2.75, 3.05) is 13.7 Å². The predicted molar refractivity (Wildman–Crippen MR) is 134 cm³/mol. The molecule has 0 aliphatic rings. The fourth-order valence-electron chi connectivity index (χ4n) is 3.88. The number of hydrogen-bond acceptors (Lipinski definition) is 5. The Labute approximate surface area is 207 Å². The monoisotopic (exact) mass is 488 g/mol. The number of amides is 2. The number of hydrogen-bond donors (Lipinski definition) is 2. The van der Waals surface area contributed by atoms with E-state index >= 15 is 0 Å². The van der Waals surface area contributed by atoms with Crippen molar-refractivity contribution in [2.45, 2.75) is 19.9 Å². The number of halogens is 1. The van der Waals surface area contributed by atoms with Gasteiger partial charge in [0, 0.05) is 23.6 Å². The standard InChI is InChI=1S/C28H25FN2O5/c1-4-35-28(34)16(2)31-26(32)20-7-5-6-18(14-20)19-10-13-23-22(15-19)24(27(33)30-3)25(36-23)17-8-11-21(29)12-9-17/h5-16H,4H2,1-3H3,(H,30,33)(H,31,32)/t16-/m0/s1. The van der Waals surface area contributed by atoms with Crippen LogP contribution in [-0.2, 0) is 9.53 Å². The molecule has 0 aliphatic carbocycles. The minimum atomic E-state index is -0.789.